The van der Waals surface area contributed by atoms with E-state index in [-0.39, 0.29) is 44.7 Å². The van der Waals surface area contributed by atoms with E-state index >= 15 is 0 Å². The lowest BCUT2D eigenvalue weighted by molar-refractivity contribution is -0.123. The molecule has 0 unspecified atom stereocenters. The molecule has 1 aliphatic rings. The molecule has 0 spiro atoms. The standard InChI is InChI=1S/C29H27Cl2NO6S2/c1-17(2)22-10-7-19(4)13-25(22)37-12-11-32-28(33)26(39-29(32)34)16-20-14-23(30)27(24(31)15-20)38-40(35,36)21-8-5-18(3)6-9-21/h5-10,13-17H,11-12H2,1-4H3/b26-16-. The lowest BCUT2D eigenvalue weighted by Gasteiger charge is -2.17. The van der Waals surface area contributed by atoms with Crippen LogP contribution in [0.2, 0.25) is 10.0 Å². The van der Waals surface area contributed by atoms with Crippen LogP contribution >= 0.6 is 35.0 Å². The minimum absolute atomic E-state index is 0.0465. The summed E-state index contributed by atoms with van der Waals surface area (Å²) in [5.41, 5.74) is 3.39. The number of amides is 2. The number of hydrogen-bond donors (Lipinski definition) is 0. The molecule has 1 aliphatic heterocycles. The third kappa shape index (κ3) is 6.83. The highest BCUT2D eigenvalue weighted by atomic mass is 35.5. The van der Waals surface area contributed by atoms with Crippen molar-refractivity contribution in [3.05, 3.63) is 91.8 Å². The number of nitrogens with zero attached hydrogens (tertiary/aromatic N) is 1. The molecule has 1 saturated heterocycles. The van der Waals surface area contributed by atoms with Crippen molar-refractivity contribution < 1.29 is 26.9 Å². The van der Waals surface area contributed by atoms with Crippen LogP contribution in [-0.4, -0.2) is 37.6 Å². The van der Waals surface area contributed by atoms with E-state index in [1.54, 1.807) is 12.1 Å². The molecular weight excluding hydrogens is 593 g/mol. The molecule has 7 nitrogen and oxygen atoms in total. The van der Waals surface area contributed by atoms with Crippen LogP contribution in [0.1, 0.15) is 42.0 Å². The van der Waals surface area contributed by atoms with Crippen molar-refractivity contribution in [3.63, 3.8) is 0 Å². The number of ether oxygens (including phenoxy) is 1. The largest absolute Gasteiger partial charge is 0.491 e. The van der Waals surface area contributed by atoms with Crippen LogP contribution in [-0.2, 0) is 14.9 Å². The van der Waals surface area contributed by atoms with Gasteiger partial charge in [0.1, 0.15) is 17.3 Å². The van der Waals surface area contributed by atoms with Crippen molar-refractivity contribution in [2.75, 3.05) is 13.2 Å². The number of thioether (sulfide) groups is 1. The summed E-state index contributed by atoms with van der Waals surface area (Å²) in [5, 5.41) is -0.558. The Kier molecular flexibility index (Phi) is 9.19. The van der Waals surface area contributed by atoms with Gasteiger partial charge < -0.3 is 8.92 Å². The Balaban J connectivity index is 1.46. The van der Waals surface area contributed by atoms with Crippen LogP contribution in [0.15, 0.2) is 64.4 Å². The number of aryl methyl sites for hydroxylation is 2. The zero-order chi connectivity index (χ0) is 29.2. The molecule has 0 N–H and O–H groups in total. The second kappa shape index (κ2) is 12.3. The second-order valence-electron chi connectivity index (χ2n) is 9.54. The van der Waals surface area contributed by atoms with E-state index in [1.165, 1.54) is 30.3 Å². The number of hydrogen-bond acceptors (Lipinski definition) is 7. The Labute approximate surface area is 248 Å². The fourth-order valence-electron chi connectivity index (χ4n) is 3.94. The summed E-state index contributed by atoms with van der Waals surface area (Å²) in [6.45, 7) is 8.17. The second-order valence-corrected chi connectivity index (χ2v) is 12.9. The maximum atomic E-state index is 13.0. The summed E-state index contributed by atoms with van der Waals surface area (Å²) in [5.74, 6) is 0.284. The Morgan fingerprint density at radius 1 is 0.950 bits per heavy atom. The first kappa shape index (κ1) is 30.0. The van der Waals surface area contributed by atoms with E-state index in [0.29, 0.717) is 5.56 Å². The van der Waals surface area contributed by atoms with Crippen molar-refractivity contribution >= 4 is 62.3 Å². The average molecular weight is 621 g/mol. The SMILES string of the molecule is Cc1ccc(S(=O)(=O)Oc2c(Cl)cc(/C=C3\SC(=O)N(CCOc4cc(C)ccc4C(C)C)C3=O)cc2Cl)cc1. The maximum Gasteiger partial charge on any atom is 0.339 e. The van der Waals surface area contributed by atoms with Crippen molar-refractivity contribution in [2.24, 2.45) is 0 Å². The predicted molar refractivity (Wildman–Crippen MR) is 159 cm³/mol. The Bertz CT molecular complexity index is 1580. The minimum Gasteiger partial charge on any atom is -0.491 e. The van der Waals surface area contributed by atoms with Crippen LogP contribution in [0, 0.1) is 13.8 Å². The van der Waals surface area contributed by atoms with E-state index in [9.17, 15) is 18.0 Å². The molecule has 40 heavy (non-hydrogen) atoms. The summed E-state index contributed by atoms with van der Waals surface area (Å²) >= 11 is 13.4. The van der Waals surface area contributed by atoms with Gasteiger partial charge >= 0.3 is 10.1 Å². The van der Waals surface area contributed by atoms with Gasteiger partial charge in [-0.3, -0.25) is 14.5 Å². The highest BCUT2D eigenvalue weighted by Crippen LogP contribution is 2.39. The Morgan fingerprint density at radius 2 is 1.57 bits per heavy atom. The number of benzene rings is 3. The van der Waals surface area contributed by atoms with Gasteiger partial charge in [-0.05, 0) is 84.6 Å². The molecule has 11 heteroatoms. The molecule has 0 radical (unpaired) electrons. The molecular formula is C29H27Cl2NO6S2. The topological polar surface area (TPSA) is 90.0 Å². The normalized spacial score (nSPS) is 14.9. The van der Waals surface area contributed by atoms with Gasteiger partial charge in [0.25, 0.3) is 11.1 Å². The highest BCUT2D eigenvalue weighted by molar-refractivity contribution is 8.18. The summed E-state index contributed by atoms with van der Waals surface area (Å²) < 4.78 is 36.5. The van der Waals surface area contributed by atoms with Crippen molar-refractivity contribution in [2.45, 2.75) is 38.5 Å². The summed E-state index contributed by atoms with van der Waals surface area (Å²) in [6, 6.07) is 14.9. The molecule has 0 atom stereocenters. The third-order valence-corrected chi connectivity index (χ3v) is 8.76. The molecule has 2 amide bonds. The molecule has 0 saturated carbocycles. The van der Waals surface area contributed by atoms with Gasteiger partial charge in [0.15, 0.2) is 5.75 Å². The smallest absolute Gasteiger partial charge is 0.339 e. The van der Waals surface area contributed by atoms with Gasteiger partial charge in [-0.1, -0.05) is 66.9 Å². The van der Waals surface area contributed by atoms with E-state index in [4.69, 9.17) is 32.1 Å². The summed E-state index contributed by atoms with van der Waals surface area (Å²) in [7, 11) is -4.18. The van der Waals surface area contributed by atoms with Gasteiger partial charge in [-0.2, -0.15) is 8.42 Å². The Hall–Kier alpha value is -2.98. The van der Waals surface area contributed by atoms with Crippen LogP contribution in [0.25, 0.3) is 6.08 Å². The number of imide groups is 1. The van der Waals surface area contributed by atoms with Crippen molar-refractivity contribution in [1.82, 2.24) is 4.90 Å². The van der Waals surface area contributed by atoms with Gasteiger partial charge in [0.05, 0.1) is 21.5 Å². The monoisotopic (exact) mass is 619 g/mol. The van der Waals surface area contributed by atoms with Crippen LogP contribution < -0.4 is 8.92 Å². The zero-order valence-corrected chi connectivity index (χ0v) is 25.4. The quantitative estimate of drug-likeness (QED) is 0.180. The molecule has 1 heterocycles. The summed E-state index contributed by atoms with van der Waals surface area (Å²) in [6.07, 6.45) is 1.47. The van der Waals surface area contributed by atoms with Crippen LogP contribution in [0.3, 0.4) is 0 Å². The first-order valence-corrected chi connectivity index (χ1v) is 15.3. The molecule has 0 aromatic heterocycles. The molecule has 210 valence electrons. The summed E-state index contributed by atoms with van der Waals surface area (Å²) in [4.78, 5) is 26.8. The molecule has 1 fully saturated rings. The van der Waals surface area contributed by atoms with E-state index in [0.717, 1.165) is 39.1 Å². The number of carbonyl (C=O) groups excluding carboxylic acids is 2. The fourth-order valence-corrected chi connectivity index (χ4v) is 6.44. The van der Waals surface area contributed by atoms with E-state index in [1.807, 2.05) is 32.0 Å². The van der Waals surface area contributed by atoms with Gasteiger partial charge in [-0.15, -0.1) is 0 Å². The lowest BCUT2D eigenvalue weighted by atomic mass is 10.0. The number of carbonyl (C=O) groups is 2. The van der Waals surface area contributed by atoms with Crippen molar-refractivity contribution in [1.29, 1.82) is 0 Å². The number of rotatable bonds is 9. The maximum absolute atomic E-state index is 13.0. The molecule has 0 bridgehead atoms. The average Bonchev–Trinajstić information content (AvgIpc) is 3.13. The van der Waals surface area contributed by atoms with E-state index < -0.39 is 21.3 Å². The van der Waals surface area contributed by atoms with Gasteiger partial charge in [0, 0.05) is 0 Å². The first-order chi connectivity index (χ1) is 18.9. The molecule has 3 aromatic rings. The van der Waals surface area contributed by atoms with E-state index in [2.05, 4.69) is 13.8 Å². The highest BCUT2D eigenvalue weighted by Gasteiger charge is 2.35. The predicted octanol–water partition coefficient (Wildman–Crippen LogP) is 7.62. The molecule has 4 rings (SSSR count). The minimum atomic E-state index is -4.18. The number of halogens is 2. The first-order valence-electron chi connectivity index (χ1n) is 12.3. The fraction of sp³-hybridized carbons (Fsp3) is 0.241. The van der Waals surface area contributed by atoms with Gasteiger partial charge in [0.2, 0.25) is 0 Å². The zero-order valence-electron chi connectivity index (χ0n) is 22.2. The molecule has 0 aliphatic carbocycles. The van der Waals surface area contributed by atoms with Crippen LogP contribution in [0.4, 0.5) is 4.79 Å². The van der Waals surface area contributed by atoms with Crippen molar-refractivity contribution in [3.8, 4) is 11.5 Å². The molecule has 3 aromatic carbocycles. The third-order valence-electron chi connectivity index (χ3n) is 6.06. The Morgan fingerprint density at radius 3 is 2.20 bits per heavy atom. The van der Waals surface area contributed by atoms with Crippen LogP contribution in [0.5, 0.6) is 11.5 Å². The lowest BCUT2D eigenvalue weighted by Crippen LogP contribution is -2.32. The van der Waals surface area contributed by atoms with Gasteiger partial charge in [-0.25, -0.2) is 0 Å².